The van der Waals surface area contributed by atoms with Crippen molar-refractivity contribution in [3.05, 3.63) is 41.6 Å². The van der Waals surface area contributed by atoms with Gasteiger partial charge in [0.25, 0.3) is 5.91 Å². The Labute approximate surface area is 257 Å². The summed E-state index contributed by atoms with van der Waals surface area (Å²) in [5.74, 6) is -0.879. The summed E-state index contributed by atoms with van der Waals surface area (Å²) in [5.41, 5.74) is 1.97. The van der Waals surface area contributed by atoms with Gasteiger partial charge in [-0.1, -0.05) is 57.0 Å². The van der Waals surface area contributed by atoms with Crippen LogP contribution in [0.5, 0.6) is 0 Å². The molecule has 12 nitrogen and oxygen atoms in total. The van der Waals surface area contributed by atoms with Crippen LogP contribution in [0.2, 0.25) is 0 Å². The van der Waals surface area contributed by atoms with Crippen LogP contribution in [0.4, 0.5) is 10.6 Å². The van der Waals surface area contributed by atoms with Gasteiger partial charge in [0.1, 0.15) is 17.6 Å². The standard InChI is InChI=1S/C32H42N6O6/c1-5-6-15-44-32(43)37-13-11-36(12-14-37)30(40)27(19(2)3)35-29(39)24-16-25(38-17-22-23(18-38)26(22)31(41)42)34-28(33-24)21-9-7-20(4)8-10-21/h7-10,16,19,22-23,26-27H,5-6,11-15,17-18H2,1-4H3,(H,35,39)(H,41,42)/t22-,23+,26?,27-/m0/s1. The van der Waals surface area contributed by atoms with Crippen molar-refractivity contribution < 1.29 is 29.0 Å². The van der Waals surface area contributed by atoms with Crippen molar-refractivity contribution in [3.63, 3.8) is 0 Å². The first-order valence-corrected chi connectivity index (χ1v) is 15.5. The van der Waals surface area contributed by atoms with E-state index in [1.807, 2.05) is 56.9 Å². The second-order valence-corrected chi connectivity index (χ2v) is 12.4. The molecule has 44 heavy (non-hydrogen) atoms. The Kier molecular flexibility index (Phi) is 9.36. The van der Waals surface area contributed by atoms with E-state index in [0.29, 0.717) is 57.5 Å². The van der Waals surface area contributed by atoms with Crippen LogP contribution < -0.4 is 10.2 Å². The summed E-state index contributed by atoms with van der Waals surface area (Å²) in [6, 6.07) is 8.54. The number of anilines is 1. The highest BCUT2D eigenvalue weighted by Crippen LogP contribution is 2.52. The van der Waals surface area contributed by atoms with Crippen LogP contribution in [0.1, 0.15) is 49.7 Å². The largest absolute Gasteiger partial charge is 0.481 e. The molecule has 1 aromatic carbocycles. The molecule has 2 saturated heterocycles. The number of piperazine rings is 1. The molecule has 3 fully saturated rings. The fourth-order valence-corrected chi connectivity index (χ4v) is 6.05. The number of nitrogens with zero attached hydrogens (tertiary/aromatic N) is 5. The predicted octanol–water partition coefficient (Wildman–Crippen LogP) is 3.05. The molecule has 236 valence electrons. The van der Waals surface area contributed by atoms with Gasteiger partial charge in [-0.15, -0.1) is 0 Å². The molecule has 1 saturated carbocycles. The van der Waals surface area contributed by atoms with Gasteiger partial charge in [-0.25, -0.2) is 14.8 Å². The van der Waals surface area contributed by atoms with Gasteiger partial charge in [0.15, 0.2) is 5.82 Å². The molecule has 1 unspecified atom stereocenters. The van der Waals surface area contributed by atoms with Crippen molar-refractivity contribution in [3.8, 4) is 11.4 Å². The number of rotatable bonds is 10. The minimum absolute atomic E-state index is 0.0733. The van der Waals surface area contributed by atoms with E-state index in [1.54, 1.807) is 15.9 Å². The molecule has 4 atom stereocenters. The van der Waals surface area contributed by atoms with E-state index in [1.165, 1.54) is 0 Å². The van der Waals surface area contributed by atoms with Gasteiger partial charge in [0, 0.05) is 50.9 Å². The number of unbranched alkanes of at least 4 members (excludes halogenated alkanes) is 1. The highest BCUT2D eigenvalue weighted by atomic mass is 16.6. The number of aliphatic carboxylic acids is 1. The number of hydrogen-bond donors (Lipinski definition) is 2. The molecular formula is C32H42N6O6. The molecule has 12 heteroatoms. The summed E-state index contributed by atoms with van der Waals surface area (Å²) in [5, 5.41) is 12.4. The number of carbonyl (C=O) groups excluding carboxylic acids is 3. The summed E-state index contributed by atoms with van der Waals surface area (Å²) in [6.45, 7) is 10.7. The van der Waals surface area contributed by atoms with Crippen molar-refractivity contribution in [2.45, 2.75) is 46.6 Å². The lowest BCUT2D eigenvalue weighted by molar-refractivity contribution is -0.139. The monoisotopic (exact) mass is 606 g/mol. The van der Waals surface area contributed by atoms with Crippen LogP contribution in [-0.2, 0) is 14.3 Å². The Hall–Kier alpha value is -4.22. The Morgan fingerprint density at radius 2 is 1.64 bits per heavy atom. The lowest BCUT2D eigenvalue weighted by atomic mass is 10.0. The van der Waals surface area contributed by atoms with Crippen LogP contribution in [0.3, 0.4) is 0 Å². The number of ether oxygens (including phenoxy) is 1. The smallest absolute Gasteiger partial charge is 0.409 e. The van der Waals surface area contributed by atoms with Gasteiger partial charge in [0.2, 0.25) is 5.91 Å². The molecule has 3 heterocycles. The number of amides is 3. The van der Waals surface area contributed by atoms with Gasteiger partial charge >= 0.3 is 12.1 Å². The Bertz CT molecular complexity index is 1380. The molecule has 0 bridgehead atoms. The summed E-state index contributed by atoms with van der Waals surface area (Å²) < 4.78 is 5.31. The van der Waals surface area contributed by atoms with E-state index in [4.69, 9.17) is 9.72 Å². The maximum Gasteiger partial charge on any atom is 0.409 e. The molecule has 0 radical (unpaired) electrons. The van der Waals surface area contributed by atoms with Crippen LogP contribution >= 0.6 is 0 Å². The first-order valence-electron chi connectivity index (χ1n) is 15.5. The van der Waals surface area contributed by atoms with Gasteiger partial charge in [0.05, 0.1) is 12.5 Å². The van der Waals surface area contributed by atoms with Crippen molar-refractivity contribution in [2.75, 3.05) is 50.8 Å². The number of carboxylic acid groups (broad SMARTS) is 1. The van der Waals surface area contributed by atoms with Gasteiger partial charge < -0.3 is 29.9 Å². The number of aryl methyl sites for hydroxylation is 1. The van der Waals surface area contributed by atoms with Gasteiger partial charge in [-0.3, -0.25) is 14.4 Å². The molecule has 3 aliphatic rings. The molecule has 1 aliphatic carbocycles. The number of aromatic nitrogens is 2. The Morgan fingerprint density at radius 3 is 2.23 bits per heavy atom. The molecule has 1 aromatic heterocycles. The topological polar surface area (TPSA) is 145 Å². The van der Waals surface area contributed by atoms with Crippen LogP contribution in [0, 0.1) is 30.6 Å². The molecule has 2 aliphatic heterocycles. The second-order valence-electron chi connectivity index (χ2n) is 12.4. The average Bonchev–Trinajstić information content (AvgIpc) is 3.53. The van der Waals surface area contributed by atoms with Crippen LogP contribution in [-0.4, -0.2) is 101 Å². The number of benzene rings is 1. The third-order valence-electron chi connectivity index (χ3n) is 8.85. The quantitative estimate of drug-likeness (QED) is 0.390. The van der Waals surface area contributed by atoms with Crippen LogP contribution in [0.15, 0.2) is 30.3 Å². The number of nitrogens with one attached hydrogen (secondary N) is 1. The minimum atomic E-state index is -0.789. The molecule has 3 amide bonds. The molecule has 0 spiro atoms. The first-order chi connectivity index (χ1) is 21.1. The molecule has 2 aromatic rings. The lowest BCUT2D eigenvalue weighted by Gasteiger charge is -2.36. The van der Waals surface area contributed by atoms with Crippen molar-refractivity contribution in [2.24, 2.45) is 23.7 Å². The minimum Gasteiger partial charge on any atom is -0.481 e. The fourth-order valence-electron chi connectivity index (χ4n) is 6.05. The Balaban J connectivity index is 1.30. The summed E-state index contributed by atoms with van der Waals surface area (Å²) in [4.78, 5) is 65.8. The predicted molar refractivity (Wildman–Crippen MR) is 163 cm³/mol. The van der Waals surface area contributed by atoms with E-state index in [0.717, 1.165) is 24.0 Å². The zero-order valence-corrected chi connectivity index (χ0v) is 25.9. The second kappa shape index (κ2) is 13.2. The van der Waals surface area contributed by atoms with E-state index in [2.05, 4.69) is 10.3 Å². The first kappa shape index (κ1) is 31.2. The molecule has 2 N–H and O–H groups in total. The fraction of sp³-hybridized carbons (Fsp3) is 0.562. The maximum absolute atomic E-state index is 13.7. The zero-order chi connectivity index (χ0) is 31.5. The SMILES string of the molecule is CCCCOC(=O)N1CCN(C(=O)[C@@H](NC(=O)c2cc(N3C[C@@H]4C(C(=O)O)[C@@H]4C3)nc(-c3ccc(C)cc3)n2)C(C)C)CC1. The third kappa shape index (κ3) is 6.79. The van der Waals surface area contributed by atoms with E-state index >= 15 is 0 Å². The van der Waals surface area contributed by atoms with Crippen molar-refractivity contribution >= 4 is 29.7 Å². The highest BCUT2D eigenvalue weighted by molar-refractivity contribution is 5.97. The third-order valence-corrected chi connectivity index (χ3v) is 8.85. The van der Waals surface area contributed by atoms with Crippen LogP contribution in [0.25, 0.3) is 11.4 Å². The summed E-state index contributed by atoms with van der Waals surface area (Å²) >= 11 is 0. The zero-order valence-electron chi connectivity index (χ0n) is 25.9. The molecular weight excluding hydrogens is 564 g/mol. The van der Waals surface area contributed by atoms with E-state index in [-0.39, 0.29) is 41.4 Å². The van der Waals surface area contributed by atoms with E-state index in [9.17, 15) is 24.3 Å². The van der Waals surface area contributed by atoms with E-state index < -0.39 is 17.9 Å². The molecule has 5 rings (SSSR count). The summed E-state index contributed by atoms with van der Waals surface area (Å²) in [7, 11) is 0. The van der Waals surface area contributed by atoms with Gasteiger partial charge in [-0.05, 0) is 31.1 Å². The maximum atomic E-state index is 13.7. The number of carbonyl (C=O) groups is 4. The number of carboxylic acids is 1. The number of hydrogen-bond acceptors (Lipinski definition) is 8. The number of fused-ring (bicyclic) bond motifs is 1. The number of piperidine rings is 1. The Morgan fingerprint density at radius 1 is 1.00 bits per heavy atom. The highest BCUT2D eigenvalue weighted by Gasteiger charge is 2.60. The lowest BCUT2D eigenvalue weighted by Crippen LogP contribution is -2.57. The van der Waals surface area contributed by atoms with Gasteiger partial charge in [-0.2, -0.15) is 0 Å². The average molecular weight is 607 g/mol. The summed E-state index contributed by atoms with van der Waals surface area (Å²) in [6.07, 6.45) is 1.38. The van der Waals surface area contributed by atoms with Crippen molar-refractivity contribution in [1.82, 2.24) is 25.1 Å². The normalized spacial score (nSPS) is 21.6. The van der Waals surface area contributed by atoms with Crippen molar-refractivity contribution in [1.29, 1.82) is 0 Å².